The van der Waals surface area contributed by atoms with E-state index in [4.69, 9.17) is 0 Å². The summed E-state index contributed by atoms with van der Waals surface area (Å²) in [5.41, 5.74) is 1.29. The lowest BCUT2D eigenvalue weighted by atomic mass is 10.0. The molecule has 1 aromatic heterocycles. The maximum absolute atomic E-state index is 12.3. The van der Waals surface area contributed by atoms with Crippen molar-refractivity contribution in [3.8, 4) is 0 Å². The van der Waals surface area contributed by atoms with Crippen molar-refractivity contribution in [3.05, 3.63) is 18.0 Å². The highest BCUT2D eigenvalue weighted by atomic mass is 16.2. The summed E-state index contributed by atoms with van der Waals surface area (Å²) in [6.45, 7) is 3.01. The van der Waals surface area contributed by atoms with Crippen molar-refractivity contribution in [2.75, 3.05) is 13.6 Å². The second-order valence-electron chi connectivity index (χ2n) is 5.64. The van der Waals surface area contributed by atoms with Gasteiger partial charge in [0.2, 0.25) is 5.91 Å². The Balaban J connectivity index is 1.91. The molecule has 1 aliphatic carbocycles. The van der Waals surface area contributed by atoms with E-state index >= 15 is 0 Å². The molecule has 5 heteroatoms. The molecule has 1 unspecified atom stereocenters. The number of nitrogens with one attached hydrogen (secondary N) is 2. The number of rotatable bonds is 7. The summed E-state index contributed by atoms with van der Waals surface area (Å²) in [6, 6.07) is -0.314. The van der Waals surface area contributed by atoms with Crippen LogP contribution >= 0.6 is 0 Å². The number of amides is 1. The lowest BCUT2D eigenvalue weighted by molar-refractivity contribution is -0.123. The second kappa shape index (κ2) is 5.74. The molecule has 0 radical (unpaired) electrons. The molecular formula is C14H24N4O. The van der Waals surface area contributed by atoms with E-state index in [0.29, 0.717) is 5.41 Å². The van der Waals surface area contributed by atoms with Gasteiger partial charge in [-0.25, -0.2) is 0 Å². The van der Waals surface area contributed by atoms with Crippen molar-refractivity contribution < 1.29 is 4.79 Å². The standard InChI is InChI=1S/C14H24N4O/c1-4-5-14(6-7-14)10-16-13(19)12(15-2)11-8-17-18(3)9-11/h8-9,12,15H,4-7,10H2,1-3H3,(H,16,19). The molecule has 1 amide bonds. The Morgan fingerprint density at radius 3 is 2.79 bits per heavy atom. The van der Waals surface area contributed by atoms with Gasteiger partial charge in [-0.1, -0.05) is 13.3 Å². The highest BCUT2D eigenvalue weighted by Gasteiger charge is 2.41. The number of aromatic nitrogens is 2. The summed E-state index contributed by atoms with van der Waals surface area (Å²) in [6.07, 6.45) is 8.51. The third kappa shape index (κ3) is 3.35. The minimum absolute atomic E-state index is 0.0397. The van der Waals surface area contributed by atoms with Crippen LogP contribution in [0.15, 0.2) is 12.4 Å². The first-order valence-electron chi connectivity index (χ1n) is 7.04. The molecule has 0 aromatic carbocycles. The van der Waals surface area contributed by atoms with E-state index in [0.717, 1.165) is 12.1 Å². The molecule has 1 atom stereocenters. The molecule has 0 aliphatic heterocycles. The quantitative estimate of drug-likeness (QED) is 0.782. The molecule has 0 spiro atoms. The Hall–Kier alpha value is -1.36. The van der Waals surface area contributed by atoms with E-state index in [9.17, 15) is 4.79 Å². The van der Waals surface area contributed by atoms with Gasteiger partial charge < -0.3 is 10.6 Å². The Kier molecular flexibility index (Phi) is 4.24. The van der Waals surface area contributed by atoms with Crippen LogP contribution in [-0.2, 0) is 11.8 Å². The van der Waals surface area contributed by atoms with Gasteiger partial charge in [-0.2, -0.15) is 5.10 Å². The summed E-state index contributed by atoms with van der Waals surface area (Å²) in [7, 11) is 3.66. The molecule has 2 rings (SSSR count). The molecule has 106 valence electrons. The van der Waals surface area contributed by atoms with Gasteiger partial charge in [0, 0.05) is 25.4 Å². The predicted molar refractivity (Wildman–Crippen MR) is 74.6 cm³/mol. The third-order valence-electron chi connectivity index (χ3n) is 3.98. The summed E-state index contributed by atoms with van der Waals surface area (Å²) >= 11 is 0. The first-order chi connectivity index (χ1) is 9.10. The fourth-order valence-electron chi connectivity index (χ4n) is 2.64. The van der Waals surface area contributed by atoms with Crippen LogP contribution in [0.3, 0.4) is 0 Å². The van der Waals surface area contributed by atoms with Crippen molar-refractivity contribution in [2.45, 2.75) is 38.6 Å². The normalized spacial score (nSPS) is 18.1. The molecule has 0 bridgehead atoms. The minimum atomic E-state index is -0.314. The Morgan fingerprint density at radius 1 is 1.58 bits per heavy atom. The molecule has 2 N–H and O–H groups in total. The van der Waals surface area contributed by atoms with Crippen LogP contribution in [-0.4, -0.2) is 29.3 Å². The highest BCUT2D eigenvalue weighted by molar-refractivity contribution is 5.83. The first kappa shape index (κ1) is 14.1. The smallest absolute Gasteiger partial charge is 0.241 e. The molecule has 19 heavy (non-hydrogen) atoms. The van der Waals surface area contributed by atoms with Crippen LogP contribution in [0.5, 0.6) is 0 Å². The highest BCUT2D eigenvalue weighted by Crippen LogP contribution is 2.48. The monoisotopic (exact) mass is 264 g/mol. The SMILES string of the molecule is CCCC1(CNC(=O)C(NC)c2cnn(C)c2)CC1. The zero-order valence-corrected chi connectivity index (χ0v) is 12.1. The largest absolute Gasteiger partial charge is 0.354 e. The van der Waals surface area contributed by atoms with Crippen molar-refractivity contribution in [1.29, 1.82) is 0 Å². The lowest BCUT2D eigenvalue weighted by Gasteiger charge is -2.19. The molecule has 5 nitrogen and oxygen atoms in total. The Morgan fingerprint density at radius 2 is 2.32 bits per heavy atom. The lowest BCUT2D eigenvalue weighted by Crippen LogP contribution is -2.38. The van der Waals surface area contributed by atoms with Gasteiger partial charge in [0.05, 0.1) is 6.20 Å². The molecule has 1 saturated carbocycles. The van der Waals surface area contributed by atoms with Gasteiger partial charge in [0.1, 0.15) is 6.04 Å². The fourth-order valence-corrected chi connectivity index (χ4v) is 2.64. The van der Waals surface area contributed by atoms with Gasteiger partial charge in [0.15, 0.2) is 0 Å². The van der Waals surface area contributed by atoms with Crippen LogP contribution < -0.4 is 10.6 Å². The third-order valence-corrected chi connectivity index (χ3v) is 3.98. The van der Waals surface area contributed by atoms with Gasteiger partial charge in [-0.3, -0.25) is 9.48 Å². The molecule has 1 aliphatic rings. The molecule has 1 aromatic rings. The molecular weight excluding hydrogens is 240 g/mol. The molecule has 1 fully saturated rings. The summed E-state index contributed by atoms with van der Waals surface area (Å²) in [5, 5.41) is 10.3. The number of carbonyl (C=O) groups excluding carboxylic acids is 1. The molecule has 0 saturated heterocycles. The Bertz CT molecular complexity index is 436. The van der Waals surface area contributed by atoms with E-state index < -0.39 is 0 Å². The van der Waals surface area contributed by atoms with Gasteiger partial charge >= 0.3 is 0 Å². The predicted octanol–water partition coefficient (Wildman–Crippen LogP) is 1.38. The first-order valence-corrected chi connectivity index (χ1v) is 7.04. The Labute approximate surface area is 114 Å². The average molecular weight is 264 g/mol. The minimum Gasteiger partial charge on any atom is -0.354 e. The van der Waals surface area contributed by atoms with Crippen LogP contribution in [0, 0.1) is 5.41 Å². The number of carbonyl (C=O) groups is 1. The maximum Gasteiger partial charge on any atom is 0.241 e. The van der Waals surface area contributed by atoms with Crippen LogP contribution in [0.2, 0.25) is 0 Å². The van der Waals surface area contributed by atoms with E-state index in [-0.39, 0.29) is 11.9 Å². The van der Waals surface area contributed by atoms with Crippen LogP contribution in [0.4, 0.5) is 0 Å². The van der Waals surface area contributed by atoms with E-state index in [1.165, 1.54) is 25.7 Å². The van der Waals surface area contributed by atoms with Crippen molar-refractivity contribution in [1.82, 2.24) is 20.4 Å². The number of likely N-dealkylation sites (N-methyl/N-ethyl adjacent to an activating group) is 1. The van der Waals surface area contributed by atoms with E-state index in [1.54, 1.807) is 17.9 Å². The van der Waals surface area contributed by atoms with Crippen molar-refractivity contribution in [3.63, 3.8) is 0 Å². The number of hydrogen-bond donors (Lipinski definition) is 2. The van der Waals surface area contributed by atoms with Crippen LogP contribution in [0.25, 0.3) is 0 Å². The topological polar surface area (TPSA) is 59.0 Å². The average Bonchev–Trinajstić information content (AvgIpc) is 3.03. The van der Waals surface area contributed by atoms with E-state index in [1.807, 2.05) is 13.2 Å². The van der Waals surface area contributed by atoms with Gasteiger partial charge in [-0.15, -0.1) is 0 Å². The van der Waals surface area contributed by atoms with Gasteiger partial charge in [-0.05, 0) is 31.7 Å². The summed E-state index contributed by atoms with van der Waals surface area (Å²) < 4.78 is 1.71. The number of nitrogens with zero attached hydrogens (tertiary/aromatic N) is 2. The van der Waals surface area contributed by atoms with Crippen LogP contribution in [0.1, 0.15) is 44.2 Å². The fraction of sp³-hybridized carbons (Fsp3) is 0.714. The van der Waals surface area contributed by atoms with Gasteiger partial charge in [0.25, 0.3) is 0 Å². The number of hydrogen-bond acceptors (Lipinski definition) is 3. The summed E-state index contributed by atoms with van der Waals surface area (Å²) in [5.74, 6) is 0.0397. The van der Waals surface area contributed by atoms with Crippen molar-refractivity contribution >= 4 is 5.91 Å². The zero-order chi connectivity index (χ0) is 13.9. The van der Waals surface area contributed by atoms with E-state index in [2.05, 4.69) is 22.7 Å². The summed E-state index contributed by atoms with van der Waals surface area (Å²) in [4.78, 5) is 12.3. The molecule has 1 heterocycles. The van der Waals surface area contributed by atoms with Crippen molar-refractivity contribution in [2.24, 2.45) is 12.5 Å². The second-order valence-corrected chi connectivity index (χ2v) is 5.64. The maximum atomic E-state index is 12.3. The zero-order valence-electron chi connectivity index (χ0n) is 12.1. The number of aryl methyl sites for hydroxylation is 1.